The quantitative estimate of drug-likeness (QED) is 0.792. The number of rotatable bonds is 4. The van der Waals surface area contributed by atoms with Gasteiger partial charge in [-0.05, 0) is 37.3 Å². The Bertz CT molecular complexity index is 696. The minimum atomic E-state index is -0.610. The highest BCUT2D eigenvalue weighted by molar-refractivity contribution is 6.31. The van der Waals surface area contributed by atoms with Crippen LogP contribution >= 0.6 is 11.6 Å². The van der Waals surface area contributed by atoms with Gasteiger partial charge in [-0.3, -0.25) is 0 Å². The molecule has 2 N–H and O–H groups in total. The highest BCUT2D eigenvalue weighted by atomic mass is 35.5. The summed E-state index contributed by atoms with van der Waals surface area (Å²) in [6.45, 7) is 2.14. The Balaban J connectivity index is 1.79. The number of urea groups is 1. The third-order valence-electron chi connectivity index (χ3n) is 4.88. The van der Waals surface area contributed by atoms with Crippen LogP contribution in [-0.2, 0) is 9.53 Å². The lowest BCUT2D eigenvalue weighted by Gasteiger charge is -2.29. The van der Waals surface area contributed by atoms with E-state index in [9.17, 15) is 9.59 Å². The first-order valence-electron chi connectivity index (χ1n) is 8.76. The molecule has 1 saturated carbocycles. The average molecular weight is 363 g/mol. The summed E-state index contributed by atoms with van der Waals surface area (Å²) in [6, 6.07) is 6.22. The number of carbonyl (C=O) groups is 2. The molecular weight excluding hydrogens is 340 g/mol. The Morgan fingerprint density at radius 2 is 1.96 bits per heavy atom. The van der Waals surface area contributed by atoms with Crippen LogP contribution in [0, 0.1) is 5.92 Å². The van der Waals surface area contributed by atoms with Crippen LogP contribution in [0.1, 0.15) is 50.6 Å². The number of ether oxygens (including phenoxy) is 1. The van der Waals surface area contributed by atoms with Crippen molar-refractivity contribution in [2.24, 2.45) is 5.92 Å². The Morgan fingerprint density at radius 1 is 1.24 bits per heavy atom. The van der Waals surface area contributed by atoms with Gasteiger partial charge in [0.15, 0.2) is 0 Å². The maximum Gasteiger partial charge on any atom is 0.338 e. The molecule has 1 aliphatic carbocycles. The summed E-state index contributed by atoms with van der Waals surface area (Å²) < 4.78 is 5.59. The first kappa shape index (κ1) is 17.8. The van der Waals surface area contributed by atoms with Crippen molar-refractivity contribution in [1.82, 2.24) is 10.6 Å². The number of esters is 1. The molecule has 5 nitrogen and oxygen atoms in total. The van der Waals surface area contributed by atoms with E-state index in [1.807, 2.05) is 12.1 Å². The third kappa shape index (κ3) is 4.15. The van der Waals surface area contributed by atoms with E-state index in [1.54, 1.807) is 19.1 Å². The molecule has 134 valence electrons. The van der Waals surface area contributed by atoms with E-state index < -0.39 is 12.0 Å². The van der Waals surface area contributed by atoms with Crippen LogP contribution in [0.3, 0.4) is 0 Å². The van der Waals surface area contributed by atoms with Crippen molar-refractivity contribution in [3.8, 4) is 0 Å². The van der Waals surface area contributed by atoms with Crippen LogP contribution in [0.4, 0.5) is 4.79 Å². The highest BCUT2D eigenvalue weighted by Gasteiger charge is 2.33. The number of amides is 2. The lowest BCUT2D eigenvalue weighted by molar-refractivity contribution is -0.141. The molecule has 6 heteroatoms. The molecule has 1 aromatic rings. The van der Waals surface area contributed by atoms with Gasteiger partial charge >= 0.3 is 12.0 Å². The van der Waals surface area contributed by atoms with E-state index in [2.05, 4.69) is 10.6 Å². The second kappa shape index (κ2) is 7.91. The second-order valence-corrected chi connectivity index (χ2v) is 7.10. The second-order valence-electron chi connectivity index (χ2n) is 6.69. The van der Waals surface area contributed by atoms with Crippen LogP contribution < -0.4 is 10.6 Å². The van der Waals surface area contributed by atoms with Crippen LogP contribution in [0.25, 0.3) is 0 Å². The van der Waals surface area contributed by atoms with Gasteiger partial charge in [0.2, 0.25) is 0 Å². The number of hydrogen-bond acceptors (Lipinski definition) is 3. The lowest BCUT2D eigenvalue weighted by Crippen LogP contribution is -2.45. The fourth-order valence-corrected chi connectivity index (χ4v) is 3.78. The van der Waals surface area contributed by atoms with Gasteiger partial charge in [-0.15, -0.1) is 0 Å². The number of hydrogen-bond donors (Lipinski definition) is 2. The summed E-state index contributed by atoms with van der Waals surface area (Å²) in [4.78, 5) is 24.6. The first-order chi connectivity index (χ1) is 12.1. The molecule has 0 aromatic heterocycles. The molecule has 1 atom stereocenters. The molecule has 1 fully saturated rings. The Labute approximate surface area is 152 Å². The zero-order chi connectivity index (χ0) is 17.8. The fraction of sp³-hybridized carbons (Fsp3) is 0.474. The monoisotopic (exact) mass is 362 g/mol. The molecule has 0 radical (unpaired) electrons. The standard InChI is InChI=1S/C19H23ClN2O3/c1-12-16(18(23)25-11-13-7-3-2-4-8-13)17(22-19(24)21-12)14-9-5-6-10-15(14)20/h5-6,9-10,13,17H,2-4,7-8,11H2,1H3,(H2,21,22,24)/t17-/m1/s1. The smallest absolute Gasteiger partial charge is 0.338 e. The summed E-state index contributed by atoms with van der Waals surface area (Å²) in [5.41, 5.74) is 1.59. The Hall–Kier alpha value is -2.01. The number of nitrogens with one attached hydrogen (secondary N) is 2. The fourth-order valence-electron chi connectivity index (χ4n) is 3.53. The number of benzene rings is 1. The summed E-state index contributed by atoms with van der Waals surface area (Å²) >= 11 is 6.28. The third-order valence-corrected chi connectivity index (χ3v) is 5.22. The van der Waals surface area contributed by atoms with Crippen LogP contribution in [0.2, 0.25) is 5.02 Å². The van der Waals surface area contributed by atoms with Crippen molar-refractivity contribution < 1.29 is 14.3 Å². The van der Waals surface area contributed by atoms with E-state index in [-0.39, 0.29) is 6.03 Å². The summed E-state index contributed by atoms with van der Waals surface area (Å²) in [7, 11) is 0. The molecule has 1 aliphatic heterocycles. The van der Waals surface area contributed by atoms with Crippen LogP contribution in [0.5, 0.6) is 0 Å². The number of carbonyl (C=O) groups excluding carboxylic acids is 2. The molecule has 2 amide bonds. The maximum absolute atomic E-state index is 12.7. The summed E-state index contributed by atoms with van der Waals surface area (Å²) in [5, 5.41) is 5.93. The van der Waals surface area contributed by atoms with Gasteiger partial charge in [-0.25, -0.2) is 9.59 Å². The van der Waals surface area contributed by atoms with Crippen LogP contribution in [0.15, 0.2) is 35.5 Å². The van der Waals surface area contributed by atoms with Crippen molar-refractivity contribution in [2.75, 3.05) is 6.61 Å². The molecule has 2 aliphatic rings. The SMILES string of the molecule is CC1=C(C(=O)OCC2CCCCC2)[C@@H](c2ccccc2Cl)NC(=O)N1. The van der Waals surface area contributed by atoms with Crippen molar-refractivity contribution in [2.45, 2.75) is 45.1 Å². The molecule has 25 heavy (non-hydrogen) atoms. The van der Waals surface area contributed by atoms with Crippen molar-refractivity contribution >= 4 is 23.6 Å². The van der Waals surface area contributed by atoms with Crippen LogP contribution in [-0.4, -0.2) is 18.6 Å². The summed E-state index contributed by atoms with van der Waals surface area (Å²) in [6.07, 6.45) is 5.87. The Kier molecular flexibility index (Phi) is 5.63. The van der Waals surface area contributed by atoms with Gasteiger partial charge in [0, 0.05) is 10.7 Å². The van der Waals surface area contributed by atoms with Crippen molar-refractivity contribution in [3.05, 3.63) is 46.1 Å². The predicted molar refractivity (Wildman–Crippen MR) is 96.1 cm³/mol. The van der Waals surface area contributed by atoms with Gasteiger partial charge in [-0.2, -0.15) is 0 Å². The summed E-state index contributed by atoms with van der Waals surface area (Å²) in [5.74, 6) is 0.0315. The minimum absolute atomic E-state index is 0.355. The molecular formula is C19H23ClN2O3. The zero-order valence-corrected chi connectivity index (χ0v) is 15.1. The van der Waals surface area contributed by atoms with Crippen molar-refractivity contribution in [1.29, 1.82) is 0 Å². The first-order valence-corrected chi connectivity index (χ1v) is 9.14. The molecule has 3 rings (SSSR count). The lowest BCUT2D eigenvalue weighted by atomic mass is 9.90. The van der Waals surface area contributed by atoms with E-state index in [1.165, 1.54) is 19.3 Å². The molecule has 1 aromatic carbocycles. The van der Waals surface area contributed by atoms with Gasteiger partial charge in [-0.1, -0.05) is 49.1 Å². The van der Waals surface area contributed by atoms with Gasteiger partial charge < -0.3 is 15.4 Å². The molecule has 1 heterocycles. The maximum atomic E-state index is 12.7. The molecule has 0 saturated heterocycles. The van der Waals surface area contributed by atoms with E-state index >= 15 is 0 Å². The average Bonchev–Trinajstić information content (AvgIpc) is 2.60. The molecule has 0 spiro atoms. The zero-order valence-electron chi connectivity index (χ0n) is 14.3. The Morgan fingerprint density at radius 3 is 2.68 bits per heavy atom. The van der Waals surface area contributed by atoms with Crippen molar-refractivity contribution in [3.63, 3.8) is 0 Å². The predicted octanol–water partition coefficient (Wildman–Crippen LogP) is 4.09. The van der Waals surface area contributed by atoms with Gasteiger partial charge in [0.25, 0.3) is 0 Å². The highest BCUT2D eigenvalue weighted by Crippen LogP contribution is 2.32. The topological polar surface area (TPSA) is 67.4 Å². The van der Waals surface area contributed by atoms with E-state index in [4.69, 9.17) is 16.3 Å². The largest absolute Gasteiger partial charge is 0.462 e. The molecule has 0 bridgehead atoms. The van der Waals surface area contributed by atoms with E-state index in [0.29, 0.717) is 34.4 Å². The number of halogens is 1. The van der Waals surface area contributed by atoms with Gasteiger partial charge in [0.1, 0.15) is 0 Å². The minimum Gasteiger partial charge on any atom is -0.462 e. The number of allylic oxidation sites excluding steroid dienone is 1. The normalized spacial score (nSPS) is 21.5. The van der Waals surface area contributed by atoms with E-state index in [0.717, 1.165) is 12.8 Å². The van der Waals surface area contributed by atoms with Gasteiger partial charge in [0.05, 0.1) is 18.2 Å². The molecule has 0 unspecified atom stereocenters.